The Bertz CT molecular complexity index is 884. The molecule has 0 aliphatic heterocycles. The third kappa shape index (κ3) is 4.89. The van der Waals surface area contributed by atoms with Gasteiger partial charge in [0.15, 0.2) is 6.10 Å². The summed E-state index contributed by atoms with van der Waals surface area (Å²) in [5.41, 5.74) is 1.09. The predicted molar refractivity (Wildman–Crippen MR) is 101 cm³/mol. The number of urea groups is 1. The van der Waals surface area contributed by atoms with Crippen LogP contribution < -0.4 is 10.6 Å². The summed E-state index contributed by atoms with van der Waals surface area (Å²) in [6.07, 6.45) is 0.607. The van der Waals surface area contributed by atoms with Gasteiger partial charge in [-0.25, -0.2) is 9.59 Å². The van der Waals surface area contributed by atoms with Crippen LogP contribution in [0.4, 0.5) is 4.79 Å². The highest BCUT2D eigenvalue weighted by Gasteiger charge is 2.28. The molecule has 1 saturated carbocycles. The molecule has 2 aromatic rings. The maximum absolute atomic E-state index is 12.6. The lowest BCUT2D eigenvalue weighted by atomic mass is 10.1. The molecule has 1 atom stereocenters. The second-order valence-corrected chi connectivity index (χ2v) is 7.05. The van der Waals surface area contributed by atoms with Gasteiger partial charge in [0.25, 0.3) is 5.91 Å². The van der Waals surface area contributed by atoms with Gasteiger partial charge in [-0.3, -0.25) is 10.1 Å². The molecule has 3 rings (SSSR count). The Morgan fingerprint density at radius 3 is 2.57 bits per heavy atom. The Labute approximate surface area is 162 Å². The summed E-state index contributed by atoms with van der Waals surface area (Å²) in [5, 5.41) is 5.55. The zero-order valence-electron chi connectivity index (χ0n) is 16.1. The minimum Gasteiger partial charge on any atom is -0.449 e. The first kappa shape index (κ1) is 19.9. The molecule has 150 valence electrons. The summed E-state index contributed by atoms with van der Waals surface area (Å²) < 4.78 is 16.5. The van der Waals surface area contributed by atoms with Gasteiger partial charge >= 0.3 is 12.0 Å². The average molecular weight is 388 g/mol. The van der Waals surface area contributed by atoms with Crippen molar-refractivity contribution in [2.45, 2.75) is 58.5 Å². The standard InChI is InChI=1S/C20H24N2O6/c1-11(2)26-10-15-14-6-4-5-7-16(14)28-17(15)19(24)27-12(3)18(23)22-20(25)21-13-8-9-13/h4-7,11-13H,8-10H2,1-3H3,(H2,21,22,23,25). The van der Waals surface area contributed by atoms with E-state index in [0.29, 0.717) is 11.1 Å². The normalized spacial score (nSPS) is 14.7. The molecule has 8 nitrogen and oxygen atoms in total. The van der Waals surface area contributed by atoms with Crippen molar-refractivity contribution < 1.29 is 28.3 Å². The molecule has 1 unspecified atom stereocenters. The zero-order chi connectivity index (χ0) is 20.3. The fourth-order valence-corrected chi connectivity index (χ4v) is 2.59. The number of ether oxygens (including phenoxy) is 2. The number of hydrogen-bond donors (Lipinski definition) is 2. The number of esters is 1. The van der Waals surface area contributed by atoms with Crippen LogP contribution in [-0.2, 0) is 20.9 Å². The van der Waals surface area contributed by atoms with Crippen molar-refractivity contribution in [3.63, 3.8) is 0 Å². The molecule has 1 heterocycles. The van der Waals surface area contributed by atoms with E-state index in [1.807, 2.05) is 26.0 Å². The number of fused-ring (bicyclic) bond motifs is 1. The SMILES string of the molecule is CC(C)OCc1c(C(=O)OC(C)C(=O)NC(=O)NC2CC2)oc2ccccc12. The van der Waals surface area contributed by atoms with Crippen molar-refractivity contribution in [3.05, 3.63) is 35.6 Å². The lowest BCUT2D eigenvalue weighted by Crippen LogP contribution is -2.45. The van der Waals surface area contributed by atoms with Crippen molar-refractivity contribution in [2.24, 2.45) is 0 Å². The third-order valence-electron chi connectivity index (χ3n) is 4.25. The van der Waals surface area contributed by atoms with Crippen molar-refractivity contribution >= 4 is 28.9 Å². The number of hydrogen-bond acceptors (Lipinski definition) is 6. The van der Waals surface area contributed by atoms with Crippen LogP contribution in [0.25, 0.3) is 11.0 Å². The second-order valence-electron chi connectivity index (χ2n) is 7.05. The van der Waals surface area contributed by atoms with Crippen LogP contribution in [0, 0.1) is 0 Å². The van der Waals surface area contributed by atoms with Crippen LogP contribution in [0.1, 0.15) is 49.7 Å². The van der Waals surface area contributed by atoms with Crippen molar-refractivity contribution in [1.29, 1.82) is 0 Å². The van der Waals surface area contributed by atoms with E-state index in [1.165, 1.54) is 6.92 Å². The van der Waals surface area contributed by atoms with Gasteiger partial charge in [-0.2, -0.15) is 0 Å². The average Bonchev–Trinajstić information content (AvgIpc) is 3.37. The largest absolute Gasteiger partial charge is 0.449 e. The molecule has 0 bridgehead atoms. The summed E-state index contributed by atoms with van der Waals surface area (Å²) in [6.45, 7) is 5.34. The molecule has 1 fully saturated rings. The molecule has 3 amide bonds. The molecule has 1 aliphatic carbocycles. The van der Waals surface area contributed by atoms with E-state index in [0.717, 1.165) is 18.2 Å². The number of imide groups is 1. The molecule has 0 saturated heterocycles. The summed E-state index contributed by atoms with van der Waals surface area (Å²) in [4.78, 5) is 36.4. The first-order valence-corrected chi connectivity index (χ1v) is 9.29. The molecule has 8 heteroatoms. The van der Waals surface area contributed by atoms with Crippen LogP contribution >= 0.6 is 0 Å². The third-order valence-corrected chi connectivity index (χ3v) is 4.25. The molecule has 1 aromatic carbocycles. The van der Waals surface area contributed by atoms with Crippen molar-refractivity contribution in [3.8, 4) is 0 Å². The smallest absolute Gasteiger partial charge is 0.375 e. The van der Waals surface area contributed by atoms with Gasteiger partial charge in [0.05, 0.1) is 12.7 Å². The maximum atomic E-state index is 12.6. The number of nitrogens with one attached hydrogen (secondary N) is 2. The Morgan fingerprint density at radius 1 is 1.18 bits per heavy atom. The van der Waals surface area contributed by atoms with E-state index >= 15 is 0 Å². The summed E-state index contributed by atoms with van der Waals surface area (Å²) >= 11 is 0. The van der Waals surface area contributed by atoms with Gasteiger partial charge in [-0.05, 0) is 39.7 Å². The molecule has 2 N–H and O–H groups in total. The highest BCUT2D eigenvalue weighted by molar-refractivity contribution is 6.00. The first-order valence-electron chi connectivity index (χ1n) is 9.29. The Morgan fingerprint density at radius 2 is 1.89 bits per heavy atom. The quantitative estimate of drug-likeness (QED) is 0.707. The minimum absolute atomic E-state index is 0.0102. The number of para-hydroxylation sites is 1. The van der Waals surface area contributed by atoms with Crippen LogP contribution in [-0.4, -0.2) is 36.2 Å². The maximum Gasteiger partial charge on any atom is 0.375 e. The van der Waals surface area contributed by atoms with Crippen LogP contribution in [0.5, 0.6) is 0 Å². The minimum atomic E-state index is -1.16. The molecule has 1 aliphatic rings. The Hall–Kier alpha value is -2.87. The fraction of sp³-hybridized carbons (Fsp3) is 0.450. The van der Waals surface area contributed by atoms with Gasteiger partial charge in [-0.1, -0.05) is 18.2 Å². The van der Waals surface area contributed by atoms with E-state index in [4.69, 9.17) is 13.9 Å². The summed E-state index contributed by atoms with van der Waals surface area (Å²) in [5.74, 6) is -1.50. The van der Waals surface area contributed by atoms with E-state index in [9.17, 15) is 14.4 Å². The van der Waals surface area contributed by atoms with Crippen LogP contribution in [0.2, 0.25) is 0 Å². The second kappa shape index (κ2) is 8.43. The highest BCUT2D eigenvalue weighted by atomic mass is 16.6. The zero-order valence-corrected chi connectivity index (χ0v) is 16.1. The summed E-state index contributed by atoms with van der Waals surface area (Å²) in [7, 11) is 0. The van der Waals surface area contributed by atoms with Gasteiger partial charge in [0, 0.05) is 17.0 Å². The van der Waals surface area contributed by atoms with Gasteiger partial charge in [0.2, 0.25) is 5.76 Å². The molecule has 0 spiro atoms. The first-order chi connectivity index (χ1) is 13.3. The lowest BCUT2D eigenvalue weighted by molar-refractivity contribution is -0.128. The van der Waals surface area contributed by atoms with Crippen molar-refractivity contribution in [2.75, 3.05) is 0 Å². The molecule has 1 aromatic heterocycles. The number of amides is 3. The fourth-order valence-electron chi connectivity index (χ4n) is 2.59. The van der Waals surface area contributed by atoms with E-state index in [1.54, 1.807) is 12.1 Å². The van der Waals surface area contributed by atoms with Crippen LogP contribution in [0.15, 0.2) is 28.7 Å². The van der Waals surface area contributed by atoms with E-state index in [2.05, 4.69) is 10.6 Å². The number of carbonyl (C=O) groups excluding carboxylic acids is 3. The number of benzene rings is 1. The number of furan rings is 1. The van der Waals surface area contributed by atoms with Crippen molar-refractivity contribution in [1.82, 2.24) is 10.6 Å². The molecule has 0 radical (unpaired) electrons. The topological polar surface area (TPSA) is 107 Å². The highest BCUT2D eigenvalue weighted by Crippen LogP contribution is 2.28. The van der Waals surface area contributed by atoms with Crippen LogP contribution in [0.3, 0.4) is 0 Å². The lowest BCUT2D eigenvalue weighted by Gasteiger charge is -2.13. The van der Waals surface area contributed by atoms with E-state index in [-0.39, 0.29) is 24.5 Å². The van der Waals surface area contributed by atoms with E-state index < -0.39 is 24.0 Å². The molecule has 28 heavy (non-hydrogen) atoms. The molecular formula is C20H24N2O6. The predicted octanol–water partition coefficient (Wildman–Crippen LogP) is 2.89. The Balaban J connectivity index is 1.70. The monoisotopic (exact) mass is 388 g/mol. The van der Waals surface area contributed by atoms with Gasteiger partial charge in [-0.15, -0.1) is 0 Å². The number of carbonyl (C=O) groups is 3. The van der Waals surface area contributed by atoms with Gasteiger partial charge in [0.1, 0.15) is 5.58 Å². The van der Waals surface area contributed by atoms with Gasteiger partial charge < -0.3 is 19.2 Å². The number of rotatable bonds is 7. The Kier molecular flexibility index (Phi) is 5.99. The summed E-state index contributed by atoms with van der Waals surface area (Å²) in [6, 6.07) is 6.72. The molecular weight excluding hydrogens is 364 g/mol.